The second-order valence-electron chi connectivity index (χ2n) is 3.36. The topological polar surface area (TPSA) is 70.0 Å². The maximum Gasteiger partial charge on any atom is 0.305 e. The molecule has 5 heteroatoms. The molecule has 0 bridgehead atoms. The number of amides is 1. The number of carbonyl (C=O) groups is 1. The average Bonchev–Trinajstić information content (AvgIpc) is 2.56. The highest BCUT2D eigenvalue weighted by atomic mass is 16.3. The van der Waals surface area contributed by atoms with Gasteiger partial charge in [-0.25, -0.2) is 0 Å². The van der Waals surface area contributed by atoms with Crippen molar-refractivity contribution in [1.29, 1.82) is 0 Å². The van der Waals surface area contributed by atoms with Crippen LogP contribution in [0.2, 0.25) is 0 Å². The molecule has 0 radical (unpaired) electrons. The first-order valence-electron chi connectivity index (χ1n) is 4.46. The van der Waals surface area contributed by atoms with E-state index in [0.717, 1.165) is 25.9 Å². The average molecular weight is 186 g/mol. The van der Waals surface area contributed by atoms with Crippen LogP contribution in [-0.4, -0.2) is 41.1 Å². The van der Waals surface area contributed by atoms with Crippen molar-refractivity contribution in [2.24, 2.45) is 5.18 Å². The number of likely N-dealkylation sites (tertiary alicyclic amines) is 1. The Morgan fingerprint density at radius 1 is 1.46 bits per heavy atom. The van der Waals surface area contributed by atoms with E-state index in [4.69, 9.17) is 0 Å². The van der Waals surface area contributed by atoms with Gasteiger partial charge in [0.15, 0.2) is 0 Å². The highest BCUT2D eigenvalue weighted by Gasteiger charge is 2.32. The summed E-state index contributed by atoms with van der Waals surface area (Å²) < 4.78 is 0. The van der Waals surface area contributed by atoms with Gasteiger partial charge in [-0.05, 0) is 32.9 Å². The number of rotatable bonds is 3. The fourth-order valence-electron chi connectivity index (χ4n) is 1.74. The van der Waals surface area contributed by atoms with Gasteiger partial charge in [0, 0.05) is 5.18 Å². The molecule has 0 saturated carbocycles. The molecular formula is C8H14N2O3. The zero-order chi connectivity index (χ0) is 9.84. The van der Waals surface area contributed by atoms with Crippen LogP contribution in [0.15, 0.2) is 5.18 Å². The van der Waals surface area contributed by atoms with Crippen LogP contribution in [0, 0.1) is 4.91 Å². The van der Waals surface area contributed by atoms with Gasteiger partial charge in [-0.3, -0.25) is 9.69 Å². The molecule has 1 fully saturated rings. The van der Waals surface area contributed by atoms with Crippen LogP contribution >= 0.6 is 0 Å². The number of aliphatic hydroxyl groups is 1. The Labute approximate surface area is 76.7 Å². The largest absolute Gasteiger partial charge is 0.391 e. The maximum atomic E-state index is 11.1. The Hall–Kier alpha value is -0.810. The molecular weight excluding hydrogens is 172 g/mol. The first kappa shape index (κ1) is 10.3. The Bertz CT molecular complexity index is 200. The van der Waals surface area contributed by atoms with Gasteiger partial charge in [0.25, 0.3) is 0 Å². The standard InChI is InChI=1S/C8H14N2O3/c1-6(11)7(8(12)9-13)10-4-2-3-5-10/h6-7,11H,2-5H2,1H3. The van der Waals surface area contributed by atoms with Gasteiger partial charge < -0.3 is 5.11 Å². The molecule has 0 aromatic rings. The van der Waals surface area contributed by atoms with Gasteiger partial charge in [0.05, 0.1) is 6.10 Å². The summed E-state index contributed by atoms with van der Waals surface area (Å²) in [5.41, 5.74) is 0. The van der Waals surface area contributed by atoms with E-state index in [1.54, 1.807) is 0 Å². The summed E-state index contributed by atoms with van der Waals surface area (Å²) in [6.45, 7) is 3.03. The number of nitroso groups, excluding NO2 is 1. The number of aliphatic hydroxyl groups excluding tert-OH is 1. The molecule has 1 N–H and O–H groups in total. The molecule has 13 heavy (non-hydrogen) atoms. The summed E-state index contributed by atoms with van der Waals surface area (Å²) in [7, 11) is 0. The quantitative estimate of drug-likeness (QED) is 0.636. The first-order valence-corrected chi connectivity index (χ1v) is 4.46. The van der Waals surface area contributed by atoms with Gasteiger partial charge >= 0.3 is 5.91 Å². The van der Waals surface area contributed by atoms with Crippen molar-refractivity contribution in [3.05, 3.63) is 4.91 Å². The van der Waals surface area contributed by atoms with Crippen LogP contribution in [0.1, 0.15) is 19.8 Å². The fourth-order valence-corrected chi connectivity index (χ4v) is 1.74. The second kappa shape index (κ2) is 4.43. The number of hydrogen-bond acceptors (Lipinski definition) is 4. The molecule has 1 rings (SSSR count). The van der Waals surface area contributed by atoms with Crippen LogP contribution in [0.4, 0.5) is 0 Å². The number of nitrogens with zero attached hydrogens (tertiary/aromatic N) is 2. The van der Waals surface area contributed by atoms with E-state index in [9.17, 15) is 14.8 Å². The molecule has 2 unspecified atom stereocenters. The fraction of sp³-hybridized carbons (Fsp3) is 0.875. The number of carbonyl (C=O) groups excluding carboxylic acids is 1. The van der Waals surface area contributed by atoms with E-state index in [1.807, 2.05) is 4.90 Å². The van der Waals surface area contributed by atoms with Crippen molar-refractivity contribution < 1.29 is 9.90 Å². The Morgan fingerprint density at radius 2 is 2.00 bits per heavy atom. The molecule has 0 aromatic heterocycles. The molecule has 0 spiro atoms. The summed E-state index contributed by atoms with van der Waals surface area (Å²) in [6.07, 6.45) is 1.19. The third-order valence-electron chi connectivity index (χ3n) is 2.33. The van der Waals surface area contributed by atoms with Crippen LogP contribution in [0.3, 0.4) is 0 Å². The first-order chi connectivity index (χ1) is 6.16. The van der Waals surface area contributed by atoms with Crippen molar-refractivity contribution >= 4 is 5.91 Å². The second-order valence-corrected chi connectivity index (χ2v) is 3.36. The van der Waals surface area contributed by atoms with Crippen molar-refractivity contribution in [2.45, 2.75) is 31.9 Å². The molecule has 5 nitrogen and oxygen atoms in total. The zero-order valence-corrected chi connectivity index (χ0v) is 7.64. The van der Waals surface area contributed by atoms with Gasteiger partial charge in [-0.2, -0.15) is 0 Å². The minimum Gasteiger partial charge on any atom is -0.391 e. The van der Waals surface area contributed by atoms with Gasteiger partial charge in [0.1, 0.15) is 6.04 Å². The van der Waals surface area contributed by atoms with E-state index in [-0.39, 0.29) is 0 Å². The van der Waals surface area contributed by atoms with E-state index in [1.165, 1.54) is 6.92 Å². The predicted molar refractivity (Wildman–Crippen MR) is 47.1 cm³/mol. The van der Waals surface area contributed by atoms with Crippen molar-refractivity contribution in [3.63, 3.8) is 0 Å². The zero-order valence-electron chi connectivity index (χ0n) is 7.64. The monoisotopic (exact) mass is 186 g/mol. The lowest BCUT2D eigenvalue weighted by Gasteiger charge is -2.25. The maximum absolute atomic E-state index is 11.1. The minimum atomic E-state index is -0.830. The van der Waals surface area contributed by atoms with Crippen molar-refractivity contribution in [1.82, 2.24) is 4.90 Å². The molecule has 1 saturated heterocycles. The van der Waals surface area contributed by atoms with Crippen molar-refractivity contribution in [3.8, 4) is 0 Å². The summed E-state index contributed by atoms with van der Waals surface area (Å²) in [6, 6.07) is -0.736. The molecule has 1 aliphatic heterocycles. The molecule has 1 amide bonds. The third kappa shape index (κ3) is 2.32. The van der Waals surface area contributed by atoms with Crippen molar-refractivity contribution in [2.75, 3.05) is 13.1 Å². The lowest BCUT2D eigenvalue weighted by atomic mass is 10.1. The molecule has 2 atom stereocenters. The van der Waals surface area contributed by atoms with Gasteiger partial charge in [-0.15, -0.1) is 4.91 Å². The van der Waals surface area contributed by atoms with E-state index in [2.05, 4.69) is 5.18 Å². The highest BCUT2D eigenvalue weighted by Crippen LogP contribution is 2.15. The summed E-state index contributed by atoms with van der Waals surface area (Å²) in [5, 5.41) is 11.7. The normalized spacial score (nSPS) is 22.6. The third-order valence-corrected chi connectivity index (χ3v) is 2.33. The van der Waals surface area contributed by atoms with Crippen LogP contribution < -0.4 is 0 Å². The summed E-state index contributed by atoms with van der Waals surface area (Å²) in [4.78, 5) is 22.9. The lowest BCUT2D eigenvalue weighted by Crippen LogP contribution is -2.45. The van der Waals surface area contributed by atoms with E-state index >= 15 is 0 Å². The molecule has 1 heterocycles. The van der Waals surface area contributed by atoms with Gasteiger partial charge in [0.2, 0.25) is 0 Å². The van der Waals surface area contributed by atoms with E-state index in [0.29, 0.717) is 0 Å². The lowest BCUT2D eigenvalue weighted by molar-refractivity contribution is -0.126. The summed E-state index contributed by atoms with van der Waals surface area (Å²) in [5.74, 6) is -0.767. The minimum absolute atomic E-state index is 0.736. The molecule has 0 aliphatic carbocycles. The molecule has 74 valence electrons. The van der Waals surface area contributed by atoms with Crippen LogP contribution in [0.5, 0.6) is 0 Å². The molecule has 0 aromatic carbocycles. The highest BCUT2D eigenvalue weighted by molar-refractivity contribution is 5.83. The Balaban J connectivity index is 2.65. The van der Waals surface area contributed by atoms with Crippen LogP contribution in [-0.2, 0) is 4.79 Å². The SMILES string of the molecule is CC(O)C(C(=O)N=O)N1CCCC1. The van der Waals surface area contributed by atoms with Crippen LogP contribution in [0.25, 0.3) is 0 Å². The smallest absolute Gasteiger partial charge is 0.305 e. The van der Waals surface area contributed by atoms with Gasteiger partial charge in [-0.1, -0.05) is 0 Å². The number of hydrogen-bond donors (Lipinski definition) is 1. The predicted octanol–water partition coefficient (Wildman–Crippen LogP) is 0.125. The Morgan fingerprint density at radius 3 is 2.38 bits per heavy atom. The summed E-state index contributed by atoms with van der Waals surface area (Å²) >= 11 is 0. The van der Waals surface area contributed by atoms with E-state index < -0.39 is 18.1 Å². The Kier molecular flexibility index (Phi) is 3.50. The molecule has 1 aliphatic rings.